The van der Waals surface area contributed by atoms with E-state index in [1.165, 1.54) is 23.5 Å². The van der Waals surface area contributed by atoms with Gasteiger partial charge in [-0.25, -0.2) is 17.8 Å². The number of hydrogen-bond acceptors (Lipinski definition) is 7. The first kappa shape index (κ1) is 31.2. The van der Waals surface area contributed by atoms with E-state index in [0.29, 0.717) is 23.0 Å². The van der Waals surface area contributed by atoms with Crippen molar-refractivity contribution in [3.8, 4) is 11.1 Å². The molecule has 2 N–H and O–H groups in total. The highest BCUT2D eigenvalue weighted by molar-refractivity contribution is 7.92. The fraction of sp³-hybridized carbons (Fsp3) is 0.552. The Kier molecular flexibility index (Phi) is 8.72. The van der Waals surface area contributed by atoms with Gasteiger partial charge in [-0.2, -0.15) is 18.2 Å². The van der Waals surface area contributed by atoms with Crippen molar-refractivity contribution in [3.63, 3.8) is 0 Å². The Balaban J connectivity index is 1.36. The Morgan fingerprint density at radius 1 is 1.07 bits per heavy atom. The molecule has 2 aromatic heterocycles. The smallest absolute Gasteiger partial charge is 0.351 e. The van der Waals surface area contributed by atoms with Gasteiger partial charge in [-0.3, -0.25) is 14.1 Å². The van der Waals surface area contributed by atoms with Crippen LogP contribution in [0.3, 0.4) is 0 Å². The van der Waals surface area contributed by atoms with Gasteiger partial charge >= 0.3 is 6.18 Å². The molecule has 0 atom stereocenters. The maximum atomic E-state index is 14.9. The first-order chi connectivity index (χ1) is 20.2. The molecule has 43 heavy (non-hydrogen) atoms. The average molecular weight is 625 g/mol. The van der Waals surface area contributed by atoms with E-state index in [0.717, 1.165) is 43.9 Å². The molecule has 2 heterocycles. The van der Waals surface area contributed by atoms with E-state index in [1.807, 2.05) is 18.6 Å². The lowest BCUT2D eigenvalue weighted by molar-refractivity contribution is -0.129. The third kappa shape index (κ3) is 7.46. The molecule has 3 aromatic rings. The van der Waals surface area contributed by atoms with E-state index >= 15 is 0 Å². The van der Waals surface area contributed by atoms with E-state index < -0.39 is 45.4 Å². The lowest BCUT2D eigenvalue weighted by Crippen LogP contribution is -2.39. The average Bonchev–Trinajstić information content (AvgIpc) is 3.78. The molecule has 2 aliphatic carbocycles. The third-order valence-electron chi connectivity index (χ3n) is 8.22. The number of anilines is 2. The second-order valence-electron chi connectivity index (χ2n) is 11.8. The molecule has 9 nitrogen and oxygen atoms in total. The fourth-order valence-electron chi connectivity index (χ4n) is 5.70. The number of halogens is 4. The van der Waals surface area contributed by atoms with Crippen molar-refractivity contribution in [1.82, 2.24) is 19.4 Å². The van der Waals surface area contributed by atoms with Gasteiger partial charge in [0.15, 0.2) is 0 Å². The van der Waals surface area contributed by atoms with Crippen LogP contribution in [-0.2, 0) is 10.0 Å². The molecule has 14 heteroatoms. The summed E-state index contributed by atoms with van der Waals surface area (Å²) in [6.07, 6.45) is 2.15. The highest BCUT2D eigenvalue weighted by Crippen LogP contribution is 2.33. The molecule has 5 rings (SSSR count). The molecule has 2 fully saturated rings. The monoisotopic (exact) mass is 624 g/mol. The number of sulfonamides is 1. The van der Waals surface area contributed by atoms with Crippen LogP contribution in [0.2, 0.25) is 0 Å². The van der Waals surface area contributed by atoms with Gasteiger partial charge in [0.05, 0.1) is 17.9 Å². The number of pyridine rings is 1. The zero-order valence-electron chi connectivity index (χ0n) is 24.3. The van der Waals surface area contributed by atoms with Crippen molar-refractivity contribution in [1.29, 1.82) is 0 Å². The SMILES string of the molecule is CC(C)n1c(=O)c(-c2ccc(NS(=O)(=O)CCC(F)(F)F)c(F)c2)cc2cnc(NC3CCC(N(C)C4CC4)CC3)nc21. The van der Waals surface area contributed by atoms with Crippen molar-refractivity contribution in [2.75, 3.05) is 22.8 Å². The van der Waals surface area contributed by atoms with Gasteiger partial charge in [0.2, 0.25) is 16.0 Å². The standard InChI is InChI=1S/C29H36F4N6O3S/c1-17(2)39-26-19(16-34-28(36-26)35-20-5-7-21(8-6-20)38(3)22-9-10-22)14-23(27(39)40)18-4-11-25(24(30)15-18)37-43(41,42)13-12-29(31,32)33/h4,11,14-17,20-22,37H,5-10,12-13H2,1-3H3,(H,34,35,36). The van der Waals surface area contributed by atoms with E-state index in [-0.39, 0.29) is 23.2 Å². The van der Waals surface area contributed by atoms with Gasteiger partial charge in [0.25, 0.3) is 5.56 Å². The summed E-state index contributed by atoms with van der Waals surface area (Å²) in [6, 6.07) is 6.22. The third-order valence-corrected chi connectivity index (χ3v) is 9.49. The van der Waals surface area contributed by atoms with Gasteiger partial charge in [-0.1, -0.05) is 6.07 Å². The largest absolute Gasteiger partial charge is 0.390 e. The van der Waals surface area contributed by atoms with Crippen LogP contribution in [0.5, 0.6) is 0 Å². The van der Waals surface area contributed by atoms with Crippen molar-refractivity contribution >= 4 is 32.7 Å². The van der Waals surface area contributed by atoms with Crippen LogP contribution in [0.25, 0.3) is 22.2 Å². The van der Waals surface area contributed by atoms with Gasteiger partial charge in [-0.05, 0) is 83.2 Å². The van der Waals surface area contributed by atoms with Crippen LogP contribution in [0.1, 0.15) is 64.8 Å². The minimum absolute atomic E-state index is 0.147. The normalized spacial score (nSPS) is 19.7. The first-order valence-electron chi connectivity index (χ1n) is 14.5. The number of nitrogens with zero attached hydrogens (tertiary/aromatic N) is 4. The van der Waals surface area contributed by atoms with E-state index in [2.05, 4.69) is 27.2 Å². The number of benzene rings is 1. The second kappa shape index (κ2) is 12.0. The number of aromatic nitrogens is 3. The summed E-state index contributed by atoms with van der Waals surface area (Å²) in [5, 5.41) is 3.99. The molecule has 0 bridgehead atoms. The van der Waals surface area contributed by atoms with Crippen LogP contribution in [0.4, 0.5) is 29.2 Å². The number of nitrogens with one attached hydrogen (secondary N) is 2. The topological polar surface area (TPSA) is 109 Å². The van der Waals surface area contributed by atoms with Crippen molar-refractivity contribution in [2.24, 2.45) is 0 Å². The molecular weight excluding hydrogens is 588 g/mol. The molecular formula is C29H36F4N6O3S. The molecule has 0 unspecified atom stereocenters. The predicted molar refractivity (Wildman–Crippen MR) is 158 cm³/mol. The summed E-state index contributed by atoms with van der Waals surface area (Å²) < 4.78 is 79.8. The lowest BCUT2D eigenvalue weighted by Gasteiger charge is -2.35. The zero-order chi connectivity index (χ0) is 31.1. The molecule has 234 valence electrons. The molecule has 0 saturated heterocycles. The highest BCUT2D eigenvalue weighted by Gasteiger charge is 2.33. The van der Waals surface area contributed by atoms with Crippen molar-refractivity contribution in [2.45, 2.75) is 89.1 Å². The van der Waals surface area contributed by atoms with Gasteiger partial charge in [0.1, 0.15) is 11.5 Å². The van der Waals surface area contributed by atoms with E-state index in [9.17, 15) is 30.8 Å². The summed E-state index contributed by atoms with van der Waals surface area (Å²) >= 11 is 0. The van der Waals surface area contributed by atoms with Gasteiger partial charge in [-0.15, -0.1) is 0 Å². The summed E-state index contributed by atoms with van der Waals surface area (Å²) in [4.78, 5) is 25.3. The molecule has 1 aromatic carbocycles. The molecule has 0 aliphatic heterocycles. The Morgan fingerprint density at radius 3 is 2.30 bits per heavy atom. The van der Waals surface area contributed by atoms with Crippen molar-refractivity contribution < 1.29 is 26.0 Å². The van der Waals surface area contributed by atoms with Crippen LogP contribution in [0.15, 0.2) is 35.3 Å². The molecule has 0 spiro atoms. The van der Waals surface area contributed by atoms with Crippen LogP contribution in [0, 0.1) is 5.82 Å². The Bertz CT molecular complexity index is 1650. The summed E-state index contributed by atoms with van der Waals surface area (Å²) in [5.74, 6) is -1.84. The summed E-state index contributed by atoms with van der Waals surface area (Å²) in [6.45, 7) is 3.66. The minimum atomic E-state index is -4.67. The molecule has 2 saturated carbocycles. The minimum Gasteiger partial charge on any atom is -0.351 e. The Hall–Kier alpha value is -3.26. The van der Waals surface area contributed by atoms with Crippen LogP contribution >= 0.6 is 0 Å². The van der Waals surface area contributed by atoms with Gasteiger partial charge in [0, 0.05) is 41.3 Å². The number of hydrogen-bond donors (Lipinski definition) is 2. The molecule has 0 radical (unpaired) electrons. The first-order valence-corrected chi connectivity index (χ1v) is 16.1. The van der Waals surface area contributed by atoms with Crippen LogP contribution < -0.4 is 15.6 Å². The molecule has 2 aliphatic rings. The van der Waals surface area contributed by atoms with E-state index in [1.54, 1.807) is 12.3 Å². The predicted octanol–water partition coefficient (Wildman–Crippen LogP) is 5.69. The van der Waals surface area contributed by atoms with E-state index in [4.69, 9.17) is 0 Å². The Morgan fingerprint density at radius 2 is 1.72 bits per heavy atom. The Labute approximate surface area is 247 Å². The lowest BCUT2D eigenvalue weighted by atomic mass is 9.90. The summed E-state index contributed by atoms with van der Waals surface area (Å²) in [5.41, 5.74) is -0.184. The molecule has 0 amide bonds. The second-order valence-corrected chi connectivity index (χ2v) is 13.7. The fourth-order valence-corrected chi connectivity index (χ4v) is 6.80. The quantitative estimate of drug-likeness (QED) is 0.279. The van der Waals surface area contributed by atoms with Crippen molar-refractivity contribution in [3.05, 3.63) is 46.6 Å². The highest BCUT2D eigenvalue weighted by atomic mass is 32.2. The zero-order valence-corrected chi connectivity index (χ0v) is 25.1. The van der Waals surface area contributed by atoms with Gasteiger partial charge < -0.3 is 10.2 Å². The number of rotatable bonds is 10. The maximum Gasteiger partial charge on any atom is 0.390 e. The summed E-state index contributed by atoms with van der Waals surface area (Å²) in [7, 11) is -2.23. The maximum absolute atomic E-state index is 14.9. The van der Waals surface area contributed by atoms with Crippen LogP contribution in [-0.4, -0.2) is 65.0 Å². The number of fused-ring (bicyclic) bond motifs is 1. The number of alkyl halides is 3.